The average Bonchev–Trinajstić information content (AvgIpc) is 3.12. The number of rotatable bonds is 4. The van der Waals surface area contributed by atoms with Gasteiger partial charge in [0.05, 0.1) is 12.3 Å². The number of hydrogen-bond donors (Lipinski definition) is 1. The first kappa shape index (κ1) is 15.6. The third kappa shape index (κ3) is 3.24. The van der Waals surface area contributed by atoms with Gasteiger partial charge < -0.3 is 14.6 Å². The van der Waals surface area contributed by atoms with Crippen molar-refractivity contribution in [1.82, 2.24) is 5.32 Å². The summed E-state index contributed by atoms with van der Waals surface area (Å²) in [5.74, 6) is 1.27. The maximum atomic E-state index is 12.4. The summed E-state index contributed by atoms with van der Waals surface area (Å²) in [4.78, 5) is 17.8. The van der Waals surface area contributed by atoms with Crippen molar-refractivity contribution < 1.29 is 14.0 Å². The van der Waals surface area contributed by atoms with E-state index < -0.39 is 5.60 Å². The van der Waals surface area contributed by atoms with Crippen LogP contribution in [-0.4, -0.2) is 17.2 Å². The molecule has 1 aliphatic heterocycles. The molecule has 1 aromatic heterocycles. The van der Waals surface area contributed by atoms with Crippen molar-refractivity contribution in [3.63, 3.8) is 0 Å². The number of nitrogens with one attached hydrogen (secondary N) is 1. The van der Waals surface area contributed by atoms with E-state index in [2.05, 4.69) is 10.5 Å². The summed E-state index contributed by atoms with van der Waals surface area (Å²) in [5, 5.41) is 7.45. The number of halogens is 1. The van der Waals surface area contributed by atoms with E-state index in [0.29, 0.717) is 29.5 Å². The maximum Gasteiger partial charge on any atom is 0.267 e. The fourth-order valence-electron chi connectivity index (χ4n) is 2.44. The molecule has 0 fully saturated rings. The van der Waals surface area contributed by atoms with Crippen LogP contribution in [0.3, 0.4) is 0 Å². The van der Waals surface area contributed by atoms with Crippen LogP contribution in [0.1, 0.15) is 30.4 Å². The van der Waals surface area contributed by atoms with E-state index in [4.69, 9.17) is 20.9 Å². The number of benzene rings is 1. The fraction of sp³-hybridized carbons (Fsp3) is 0.294. The standard InChI is InChI=1S/C17H17ClN2O3/c1-11-7-8-12(22-11)10-19-16(21)17(2)9-15(20-23-17)13-5-3-4-6-14(13)18/h3-8H,9-10H2,1-2H3,(H,19,21)/t17-/m1/s1. The van der Waals surface area contributed by atoms with Gasteiger partial charge in [-0.2, -0.15) is 0 Å². The third-order valence-corrected chi connectivity index (χ3v) is 4.08. The Labute approximate surface area is 139 Å². The number of aryl methyl sites for hydroxylation is 1. The van der Waals surface area contributed by atoms with Crippen molar-refractivity contribution in [3.05, 3.63) is 58.5 Å². The molecule has 1 aromatic carbocycles. The van der Waals surface area contributed by atoms with E-state index >= 15 is 0 Å². The molecule has 120 valence electrons. The number of nitrogens with zero attached hydrogens (tertiary/aromatic N) is 1. The number of hydrogen-bond acceptors (Lipinski definition) is 4. The molecule has 2 heterocycles. The molecular formula is C17H17ClN2O3. The summed E-state index contributed by atoms with van der Waals surface area (Å²) < 4.78 is 5.43. The molecular weight excluding hydrogens is 316 g/mol. The summed E-state index contributed by atoms with van der Waals surface area (Å²) in [6.07, 6.45) is 0.361. The average molecular weight is 333 g/mol. The van der Waals surface area contributed by atoms with E-state index in [1.165, 1.54) is 0 Å². The molecule has 0 spiro atoms. The van der Waals surface area contributed by atoms with Crippen molar-refractivity contribution in [3.8, 4) is 0 Å². The second-order valence-electron chi connectivity index (χ2n) is 5.71. The molecule has 1 aliphatic rings. The lowest BCUT2D eigenvalue weighted by molar-refractivity contribution is -0.142. The van der Waals surface area contributed by atoms with E-state index in [1.54, 1.807) is 13.0 Å². The molecule has 1 N–H and O–H groups in total. The van der Waals surface area contributed by atoms with Crippen molar-refractivity contribution in [2.75, 3.05) is 0 Å². The van der Waals surface area contributed by atoms with Gasteiger partial charge >= 0.3 is 0 Å². The van der Waals surface area contributed by atoms with Crippen LogP contribution in [0.5, 0.6) is 0 Å². The third-order valence-electron chi connectivity index (χ3n) is 3.75. The Bertz CT molecular complexity index is 769. The molecule has 2 aromatic rings. The van der Waals surface area contributed by atoms with E-state index in [9.17, 15) is 4.79 Å². The summed E-state index contributed by atoms with van der Waals surface area (Å²) >= 11 is 6.17. The SMILES string of the molecule is Cc1ccc(CNC(=O)[C@@]2(C)CC(c3ccccc3Cl)=NO2)o1. The van der Waals surface area contributed by atoms with Crippen LogP contribution >= 0.6 is 11.6 Å². The molecule has 6 heteroatoms. The van der Waals surface area contributed by atoms with Crippen molar-refractivity contribution in [2.24, 2.45) is 5.16 Å². The minimum Gasteiger partial charge on any atom is -0.465 e. The highest BCUT2D eigenvalue weighted by Gasteiger charge is 2.42. The number of carbonyl (C=O) groups excluding carboxylic acids is 1. The highest BCUT2D eigenvalue weighted by molar-refractivity contribution is 6.34. The molecule has 0 bridgehead atoms. The second kappa shape index (κ2) is 6.08. The minimum absolute atomic E-state index is 0.239. The van der Waals surface area contributed by atoms with Crippen LogP contribution < -0.4 is 5.32 Å². The summed E-state index contributed by atoms with van der Waals surface area (Å²) in [6.45, 7) is 3.88. The Morgan fingerprint density at radius 1 is 1.35 bits per heavy atom. The number of amides is 1. The maximum absolute atomic E-state index is 12.4. The van der Waals surface area contributed by atoms with Crippen molar-refractivity contribution >= 4 is 23.2 Å². The van der Waals surface area contributed by atoms with Gasteiger partial charge in [0, 0.05) is 17.0 Å². The number of carbonyl (C=O) groups is 1. The molecule has 23 heavy (non-hydrogen) atoms. The zero-order valence-corrected chi connectivity index (χ0v) is 13.7. The lowest BCUT2D eigenvalue weighted by atomic mass is 9.95. The quantitative estimate of drug-likeness (QED) is 0.932. The van der Waals surface area contributed by atoms with Crippen molar-refractivity contribution in [2.45, 2.75) is 32.4 Å². The fourth-order valence-corrected chi connectivity index (χ4v) is 2.68. The summed E-state index contributed by atoms with van der Waals surface area (Å²) in [6, 6.07) is 11.1. The zero-order chi connectivity index (χ0) is 16.4. The Kier molecular flexibility index (Phi) is 4.13. The zero-order valence-electron chi connectivity index (χ0n) is 12.9. The Morgan fingerprint density at radius 2 is 2.13 bits per heavy atom. The predicted octanol–water partition coefficient (Wildman–Crippen LogP) is 3.44. The monoisotopic (exact) mass is 332 g/mol. The normalized spacial score (nSPS) is 20.0. The summed E-state index contributed by atoms with van der Waals surface area (Å²) in [7, 11) is 0. The van der Waals surface area contributed by atoms with Gasteiger partial charge in [0.1, 0.15) is 11.5 Å². The first-order valence-corrected chi connectivity index (χ1v) is 7.69. The summed E-state index contributed by atoms with van der Waals surface area (Å²) in [5.41, 5.74) is 0.408. The van der Waals surface area contributed by atoms with Gasteiger partial charge in [0.25, 0.3) is 5.91 Å². The topological polar surface area (TPSA) is 63.8 Å². The first-order chi connectivity index (χ1) is 11.0. The van der Waals surface area contributed by atoms with Gasteiger partial charge in [0.2, 0.25) is 5.60 Å². The van der Waals surface area contributed by atoms with Gasteiger partial charge in [0.15, 0.2) is 0 Å². The van der Waals surface area contributed by atoms with Crippen LogP contribution in [0.4, 0.5) is 0 Å². The van der Waals surface area contributed by atoms with Crippen LogP contribution in [0, 0.1) is 6.92 Å². The molecule has 0 aliphatic carbocycles. The lowest BCUT2D eigenvalue weighted by Gasteiger charge is -2.20. The lowest BCUT2D eigenvalue weighted by Crippen LogP contribution is -2.44. The van der Waals surface area contributed by atoms with Crippen LogP contribution in [0.15, 0.2) is 46.0 Å². The van der Waals surface area contributed by atoms with E-state index in [1.807, 2.05) is 37.3 Å². The molecule has 0 saturated heterocycles. The van der Waals surface area contributed by atoms with Crippen LogP contribution in [0.25, 0.3) is 0 Å². The highest BCUT2D eigenvalue weighted by Crippen LogP contribution is 2.29. The van der Waals surface area contributed by atoms with Crippen LogP contribution in [0.2, 0.25) is 5.02 Å². The number of furan rings is 1. The van der Waals surface area contributed by atoms with Gasteiger partial charge in [-0.1, -0.05) is 35.0 Å². The van der Waals surface area contributed by atoms with Gasteiger partial charge in [-0.15, -0.1) is 0 Å². The van der Waals surface area contributed by atoms with Gasteiger partial charge in [-0.25, -0.2) is 0 Å². The molecule has 0 radical (unpaired) electrons. The van der Waals surface area contributed by atoms with E-state index in [0.717, 1.165) is 11.3 Å². The Morgan fingerprint density at radius 3 is 2.83 bits per heavy atom. The van der Waals surface area contributed by atoms with Crippen LogP contribution in [-0.2, 0) is 16.2 Å². The minimum atomic E-state index is -1.05. The Balaban J connectivity index is 1.65. The second-order valence-corrected chi connectivity index (χ2v) is 6.12. The number of oxime groups is 1. The van der Waals surface area contributed by atoms with Gasteiger partial charge in [-0.05, 0) is 32.0 Å². The molecule has 0 saturated carbocycles. The molecule has 0 unspecified atom stereocenters. The highest BCUT2D eigenvalue weighted by atomic mass is 35.5. The Hall–Kier alpha value is -2.27. The van der Waals surface area contributed by atoms with Gasteiger partial charge in [-0.3, -0.25) is 4.79 Å². The van der Waals surface area contributed by atoms with E-state index in [-0.39, 0.29) is 5.91 Å². The molecule has 1 atom stereocenters. The first-order valence-electron chi connectivity index (χ1n) is 7.31. The largest absolute Gasteiger partial charge is 0.465 e. The van der Waals surface area contributed by atoms with Crippen molar-refractivity contribution in [1.29, 1.82) is 0 Å². The molecule has 3 rings (SSSR count). The smallest absolute Gasteiger partial charge is 0.267 e. The molecule has 5 nitrogen and oxygen atoms in total. The predicted molar refractivity (Wildman–Crippen MR) is 87.4 cm³/mol. The molecule has 1 amide bonds.